The Morgan fingerprint density at radius 2 is 1.84 bits per heavy atom. The van der Waals surface area contributed by atoms with Gasteiger partial charge in [-0.2, -0.15) is 0 Å². The van der Waals surface area contributed by atoms with Gasteiger partial charge in [0.1, 0.15) is 11.5 Å². The summed E-state index contributed by atoms with van der Waals surface area (Å²) in [4.78, 5) is 2.29. The predicted molar refractivity (Wildman–Crippen MR) is 75.0 cm³/mol. The van der Waals surface area contributed by atoms with Crippen LogP contribution in [0, 0.1) is 0 Å². The second-order valence-electron chi connectivity index (χ2n) is 4.75. The molecule has 0 spiro atoms. The summed E-state index contributed by atoms with van der Waals surface area (Å²) in [6, 6.07) is 3.36. The van der Waals surface area contributed by atoms with Crippen molar-refractivity contribution in [2.24, 2.45) is 5.73 Å². The molecule has 1 saturated heterocycles. The predicted octanol–water partition coefficient (Wildman–Crippen LogP) is 1.30. The molecule has 0 radical (unpaired) electrons. The number of rotatable bonds is 5. The molecule has 1 unspecified atom stereocenters. The van der Waals surface area contributed by atoms with E-state index >= 15 is 0 Å². The van der Waals surface area contributed by atoms with E-state index in [9.17, 15) is 5.11 Å². The van der Waals surface area contributed by atoms with Crippen molar-refractivity contribution in [3.05, 3.63) is 17.7 Å². The van der Waals surface area contributed by atoms with Gasteiger partial charge in [0, 0.05) is 24.7 Å². The summed E-state index contributed by atoms with van der Waals surface area (Å²) >= 11 is 0. The molecular formula is C14H22N2O3. The topological polar surface area (TPSA) is 68.0 Å². The molecule has 19 heavy (non-hydrogen) atoms. The number of anilines is 1. The number of nitrogens with two attached hydrogens (primary N) is 1. The fourth-order valence-electron chi connectivity index (χ4n) is 2.50. The second kappa shape index (κ2) is 6.12. The summed E-state index contributed by atoms with van der Waals surface area (Å²) in [6.07, 6.45) is 2.40. The highest BCUT2D eigenvalue weighted by molar-refractivity contribution is 5.65. The Bertz CT molecular complexity index is 431. The van der Waals surface area contributed by atoms with Crippen molar-refractivity contribution >= 4 is 5.69 Å². The Hall–Kier alpha value is -1.46. The van der Waals surface area contributed by atoms with E-state index < -0.39 is 6.04 Å². The number of benzene rings is 1. The molecule has 1 aromatic carbocycles. The molecule has 0 aliphatic carbocycles. The van der Waals surface area contributed by atoms with Gasteiger partial charge in [0.25, 0.3) is 0 Å². The van der Waals surface area contributed by atoms with Crippen LogP contribution in [-0.4, -0.2) is 39.0 Å². The van der Waals surface area contributed by atoms with Gasteiger partial charge >= 0.3 is 0 Å². The van der Waals surface area contributed by atoms with Crippen LogP contribution in [0.4, 0.5) is 5.69 Å². The van der Waals surface area contributed by atoms with Gasteiger partial charge in [0.2, 0.25) is 0 Å². The molecule has 0 bridgehead atoms. The average molecular weight is 266 g/mol. The molecule has 3 N–H and O–H groups in total. The van der Waals surface area contributed by atoms with Crippen LogP contribution in [0.15, 0.2) is 12.1 Å². The van der Waals surface area contributed by atoms with Crippen LogP contribution in [-0.2, 0) is 0 Å². The number of hydrogen-bond donors (Lipinski definition) is 2. The van der Waals surface area contributed by atoms with Crippen LogP contribution in [0.1, 0.15) is 24.4 Å². The van der Waals surface area contributed by atoms with E-state index in [0.717, 1.165) is 30.1 Å². The van der Waals surface area contributed by atoms with Gasteiger partial charge in [0.15, 0.2) is 0 Å². The number of nitrogens with zero attached hydrogens (tertiary/aromatic N) is 1. The summed E-state index contributed by atoms with van der Waals surface area (Å²) < 4.78 is 10.9. The van der Waals surface area contributed by atoms with Crippen molar-refractivity contribution in [3.63, 3.8) is 0 Å². The number of ether oxygens (including phenoxy) is 2. The molecule has 1 aliphatic rings. The molecule has 0 aromatic heterocycles. The van der Waals surface area contributed by atoms with Gasteiger partial charge < -0.3 is 25.2 Å². The van der Waals surface area contributed by atoms with Gasteiger partial charge in [-0.1, -0.05) is 0 Å². The van der Waals surface area contributed by atoms with Gasteiger partial charge in [-0.05, 0) is 18.9 Å². The fourth-order valence-corrected chi connectivity index (χ4v) is 2.50. The molecule has 5 nitrogen and oxygen atoms in total. The molecule has 2 rings (SSSR count). The smallest absolute Gasteiger partial charge is 0.142 e. The average Bonchev–Trinajstić information content (AvgIpc) is 2.98. The van der Waals surface area contributed by atoms with Crippen LogP contribution in [0.5, 0.6) is 11.5 Å². The fraction of sp³-hybridized carbons (Fsp3) is 0.571. The maximum atomic E-state index is 9.22. The number of hydrogen-bond acceptors (Lipinski definition) is 5. The van der Waals surface area contributed by atoms with E-state index in [2.05, 4.69) is 4.90 Å². The summed E-state index contributed by atoms with van der Waals surface area (Å²) in [5.74, 6) is 1.48. The molecule has 0 saturated carbocycles. The van der Waals surface area contributed by atoms with E-state index in [1.807, 2.05) is 12.1 Å². The van der Waals surface area contributed by atoms with Gasteiger partial charge in [0.05, 0.1) is 32.6 Å². The molecule has 0 amide bonds. The number of aliphatic hydroxyl groups is 1. The highest BCUT2D eigenvalue weighted by Gasteiger charge is 2.21. The molecule has 1 aliphatic heterocycles. The van der Waals surface area contributed by atoms with Crippen molar-refractivity contribution in [2.75, 3.05) is 38.8 Å². The first-order valence-corrected chi connectivity index (χ1v) is 6.58. The van der Waals surface area contributed by atoms with Crippen LogP contribution < -0.4 is 20.1 Å². The zero-order valence-corrected chi connectivity index (χ0v) is 11.6. The summed E-state index contributed by atoms with van der Waals surface area (Å²) in [7, 11) is 3.26. The van der Waals surface area contributed by atoms with E-state index in [4.69, 9.17) is 15.2 Å². The maximum absolute atomic E-state index is 9.22. The summed E-state index contributed by atoms with van der Waals surface area (Å²) in [6.45, 7) is 1.94. The third kappa shape index (κ3) is 2.77. The van der Waals surface area contributed by atoms with Crippen molar-refractivity contribution in [3.8, 4) is 11.5 Å². The highest BCUT2D eigenvalue weighted by atomic mass is 16.5. The third-order valence-corrected chi connectivity index (χ3v) is 3.57. The largest absolute Gasteiger partial charge is 0.496 e. The van der Waals surface area contributed by atoms with Crippen LogP contribution in [0.2, 0.25) is 0 Å². The Morgan fingerprint density at radius 3 is 2.37 bits per heavy atom. The van der Waals surface area contributed by atoms with E-state index in [1.165, 1.54) is 12.8 Å². The van der Waals surface area contributed by atoms with Crippen molar-refractivity contribution < 1.29 is 14.6 Å². The normalized spacial score (nSPS) is 16.5. The van der Waals surface area contributed by atoms with E-state index in [0.29, 0.717) is 5.75 Å². The molecule has 1 fully saturated rings. The SMILES string of the molecule is COc1cc(N2CCCC2)c(OC)cc1C(N)CO. The number of aliphatic hydroxyl groups excluding tert-OH is 1. The van der Waals surface area contributed by atoms with Crippen molar-refractivity contribution in [1.82, 2.24) is 0 Å². The molecule has 5 heteroatoms. The van der Waals surface area contributed by atoms with Gasteiger partial charge in [-0.3, -0.25) is 0 Å². The van der Waals surface area contributed by atoms with Crippen LogP contribution in [0.3, 0.4) is 0 Å². The highest BCUT2D eigenvalue weighted by Crippen LogP contribution is 2.38. The zero-order chi connectivity index (χ0) is 13.8. The van der Waals surface area contributed by atoms with Gasteiger partial charge in [-0.15, -0.1) is 0 Å². The Morgan fingerprint density at radius 1 is 1.21 bits per heavy atom. The molecule has 1 heterocycles. The lowest BCUT2D eigenvalue weighted by Crippen LogP contribution is -2.20. The first-order chi connectivity index (χ1) is 9.21. The lowest BCUT2D eigenvalue weighted by atomic mass is 10.1. The Balaban J connectivity index is 2.43. The summed E-state index contributed by atoms with van der Waals surface area (Å²) in [5.41, 5.74) is 7.70. The summed E-state index contributed by atoms with van der Waals surface area (Å²) in [5, 5.41) is 9.22. The third-order valence-electron chi connectivity index (χ3n) is 3.57. The Kier molecular flexibility index (Phi) is 4.50. The first-order valence-electron chi connectivity index (χ1n) is 6.58. The zero-order valence-electron chi connectivity index (χ0n) is 11.6. The standard InChI is InChI=1S/C14H22N2O3/c1-18-13-8-12(16-5-3-4-6-16)14(19-2)7-10(13)11(15)9-17/h7-8,11,17H,3-6,9,15H2,1-2H3. The lowest BCUT2D eigenvalue weighted by Gasteiger charge is -2.24. The van der Waals surface area contributed by atoms with Gasteiger partial charge in [-0.25, -0.2) is 0 Å². The van der Waals surface area contributed by atoms with Crippen molar-refractivity contribution in [1.29, 1.82) is 0 Å². The van der Waals surface area contributed by atoms with Crippen LogP contribution in [0.25, 0.3) is 0 Å². The number of methoxy groups -OCH3 is 2. The van der Waals surface area contributed by atoms with Crippen molar-refractivity contribution in [2.45, 2.75) is 18.9 Å². The quantitative estimate of drug-likeness (QED) is 0.840. The minimum absolute atomic E-state index is 0.122. The minimum atomic E-state index is -0.462. The lowest BCUT2D eigenvalue weighted by molar-refractivity contribution is 0.264. The molecule has 1 aromatic rings. The first kappa shape index (κ1) is 14.0. The van der Waals surface area contributed by atoms with E-state index in [1.54, 1.807) is 14.2 Å². The molecular weight excluding hydrogens is 244 g/mol. The Labute approximate surface area is 113 Å². The minimum Gasteiger partial charge on any atom is -0.496 e. The van der Waals surface area contributed by atoms with Crippen LogP contribution >= 0.6 is 0 Å². The van der Waals surface area contributed by atoms with E-state index in [-0.39, 0.29) is 6.61 Å². The molecule has 106 valence electrons. The second-order valence-corrected chi connectivity index (χ2v) is 4.75. The maximum Gasteiger partial charge on any atom is 0.142 e. The molecule has 1 atom stereocenters. The monoisotopic (exact) mass is 266 g/mol.